The molecule has 3 aromatic rings. The molecule has 3 N–H and O–H groups in total. The summed E-state index contributed by atoms with van der Waals surface area (Å²) in [5.41, 5.74) is 6.23. The third-order valence-electron chi connectivity index (χ3n) is 6.07. The van der Waals surface area contributed by atoms with Crippen LogP contribution in [-0.2, 0) is 16.0 Å². The van der Waals surface area contributed by atoms with E-state index in [1.807, 2.05) is 37.3 Å². The van der Waals surface area contributed by atoms with Crippen molar-refractivity contribution < 1.29 is 19.6 Å². The van der Waals surface area contributed by atoms with Gasteiger partial charge in [-0.2, -0.15) is 0 Å². The van der Waals surface area contributed by atoms with Gasteiger partial charge in [-0.1, -0.05) is 30.3 Å². The third kappa shape index (κ3) is 4.85. The molecule has 0 unspecified atom stereocenters. The first-order valence-electron chi connectivity index (χ1n) is 10.8. The maximum absolute atomic E-state index is 12.8. The molecular weight excluding hydrogens is 420 g/mol. The maximum atomic E-state index is 12.8. The molecule has 1 saturated heterocycles. The lowest BCUT2D eigenvalue weighted by Crippen LogP contribution is -2.45. The predicted molar refractivity (Wildman–Crippen MR) is 123 cm³/mol. The van der Waals surface area contributed by atoms with Crippen molar-refractivity contribution in [1.82, 2.24) is 20.7 Å². The number of nitrogens with one attached hydrogen (secondary N) is 2. The Morgan fingerprint density at radius 3 is 2.52 bits per heavy atom. The Morgan fingerprint density at radius 1 is 1.09 bits per heavy atom. The van der Waals surface area contributed by atoms with E-state index in [0.717, 1.165) is 22.2 Å². The first kappa shape index (κ1) is 22.4. The van der Waals surface area contributed by atoms with Gasteiger partial charge in [-0.25, -0.2) is 5.48 Å². The van der Waals surface area contributed by atoms with E-state index in [2.05, 4.69) is 22.4 Å². The van der Waals surface area contributed by atoms with Gasteiger partial charge in [-0.05, 0) is 48.7 Å². The standard InChI is InChI=1S/C25H26N4O4/c1-15-11-19(20-5-3-4-6-22(20)26-15)12-17-7-9-18(10-8-17)24(31)27-23-14-29(16(2)30)13-21(23)25(32)28-33/h3-11,21,23,33H,12-14H2,1-2H3,(H,27,31)(H,28,32)/t21-,23+/m0/s1. The fraction of sp³-hybridized carbons (Fsp3) is 0.280. The van der Waals surface area contributed by atoms with Gasteiger partial charge in [0.25, 0.3) is 5.91 Å². The molecule has 1 aliphatic rings. The summed E-state index contributed by atoms with van der Waals surface area (Å²) in [6.07, 6.45) is 0.709. The van der Waals surface area contributed by atoms with Gasteiger partial charge in [0.1, 0.15) is 0 Å². The lowest BCUT2D eigenvalue weighted by Gasteiger charge is -2.18. The van der Waals surface area contributed by atoms with Crippen LogP contribution in [0.4, 0.5) is 0 Å². The molecule has 4 rings (SSSR count). The smallest absolute Gasteiger partial charge is 0.251 e. The number of pyridine rings is 1. The van der Waals surface area contributed by atoms with Gasteiger partial charge in [0.15, 0.2) is 0 Å². The van der Waals surface area contributed by atoms with Gasteiger partial charge in [-0.15, -0.1) is 0 Å². The molecule has 1 aromatic heterocycles. The number of carbonyl (C=O) groups is 3. The molecule has 170 valence electrons. The van der Waals surface area contributed by atoms with Gasteiger partial charge in [0.2, 0.25) is 11.8 Å². The zero-order valence-corrected chi connectivity index (χ0v) is 18.5. The number of hydrogen-bond donors (Lipinski definition) is 3. The van der Waals surface area contributed by atoms with Crippen molar-refractivity contribution in [3.05, 3.63) is 77.0 Å². The normalized spacial score (nSPS) is 17.7. The van der Waals surface area contributed by atoms with E-state index >= 15 is 0 Å². The van der Waals surface area contributed by atoms with E-state index in [4.69, 9.17) is 5.21 Å². The topological polar surface area (TPSA) is 112 Å². The van der Waals surface area contributed by atoms with Crippen molar-refractivity contribution in [3.8, 4) is 0 Å². The molecule has 1 aliphatic heterocycles. The number of hydrogen-bond acceptors (Lipinski definition) is 5. The number of amides is 3. The number of benzene rings is 2. The summed E-state index contributed by atoms with van der Waals surface area (Å²) < 4.78 is 0. The highest BCUT2D eigenvalue weighted by Gasteiger charge is 2.39. The molecular formula is C25H26N4O4. The predicted octanol–water partition coefficient (Wildman–Crippen LogP) is 2.22. The zero-order valence-electron chi connectivity index (χ0n) is 18.5. The minimum absolute atomic E-state index is 0.144. The minimum atomic E-state index is -0.717. The molecule has 1 fully saturated rings. The third-order valence-corrected chi connectivity index (χ3v) is 6.07. The number of fused-ring (bicyclic) bond motifs is 1. The molecule has 0 saturated carbocycles. The van der Waals surface area contributed by atoms with Crippen LogP contribution in [0, 0.1) is 12.8 Å². The van der Waals surface area contributed by atoms with Crippen LogP contribution in [0.25, 0.3) is 10.9 Å². The summed E-state index contributed by atoms with van der Waals surface area (Å²) in [7, 11) is 0. The van der Waals surface area contributed by atoms with E-state index in [1.54, 1.807) is 17.6 Å². The van der Waals surface area contributed by atoms with Crippen molar-refractivity contribution in [2.24, 2.45) is 5.92 Å². The molecule has 2 heterocycles. The molecule has 8 nitrogen and oxygen atoms in total. The van der Waals surface area contributed by atoms with E-state index < -0.39 is 17.9 Å². The second kappa shape index (κ2) is 9.38. The molecule has 8 heteroatoms. The van der Waals surface area contributed by atoms with Crippen LogP contribution in [0.5, 0.6) is 0 Å². The number of aromatic nitrogens is 1. The molecule has 2 atom stereocenters. The number of carbonyl (C=O) groups excluding carboxylic acids is 3. The van der Waals surface area contributed by atoms with Crippen LogP contribution in [0.15, 0.2) is 54.6 Å². The molecule has 0 aliphatic carbocycles. The summed E-state index contributed by atoms with van der Waals surface area (Å²) in [6, 6.07) is 16.8. The number of nitrogens with zero attached hydrogens (tertiary/aromatic N) is 2. The SMILES string of the molecule is CC(=O)N1C[C@H](C(=O)NO)[C@H](NC(=O)c2ccc(Cc3cc(C)nc4ccccc34)cc2)C1. The molecule has 2 aromatic carbocycles. The van der Waals surface area contributed by atoms with Crippen molar-refractivity contribution >= 4 is 28.6 Å². The number of rotatable bonds is 5. The number of likely N-dealkylation sites (tertiary alicyclic amines) is 1. The minimum Gasteiger partial charge on any atom is -0.347 e. The number of hydroxylamine groups is 1. The summed E-state index contributed by atoms with van der Waals surface area (Å²) in [4.78, 5) is 42.6. The van der Waals surface area contributed by atoms with E-state index in [0.29, 0.717) is 12.0 Å². The van der Waals surface area contributed by atoms with Gasteiger partial charge in [0.05, 0.1) is 17.5 Å². The van der Waals surface area contributed by atoms with Crippen LogP contribution < -0.4 is 10.8 Å². The van der Waals surface area contributed by atoms with Crippen LogP contribution in [0.1, 0.15) is 34.1 Å². The first-order valence-corrected chi connectivity index (χ1v) is 10.8. The second-order valence-electron chi connectivity index (χ2n) is 8.40. The van der Waals surface area contributed by atoms with Crippen molar-refractivity contribution in [2.45, 2.75) is 26.3 Å². The molecule has 3 amide bonds. The van der Waals surface area contributed by atoms with Gasteiger partial charge >= 0.3 is 0 Å². The molecule has 0 radical (unpaired) electrons. The number of aryl methyl sites for hydroxylation is 1. The van der Waals surface area contributed by atoms with Crippen LogP contribution in [0.2, 0.25) is 0 Å². The van der Waals surface area contributed by atoms with Crippen molar-refractivity contribution in [2.75, 3.05) is 13.1 Å². The van der Waals surface area contributed by atoms with E-state index in [1.165, 1.54) is 17.4 Å². The van der Waals surface area contributed by atoms with Gasteiger partial charge < -0.3 is 10.2 Å². The monoisotopic (exact) mass is 446 g/mol. The lowest BCUT2D eigenvalue weighted by atomic mass is 9.99. The summed E-state index contributed by atoms with van der Waals surface area (Å²) in [6.45, 7) is 3.74. The largest absolute Gasteiger partial charge is 0.347 e. The maximum Gasteiger partial charge on any atom is 0.251 e. The fourth-order valence-corrected chi connectivity index (χ4v) is 4.34. The van der Waals surface area contributed by atoms with Crippen LogP contribution in [-0.4, -0.2) is 51.9 Å². The van der Waals surface area contributed by atoms with Gasteiger partial charge in [-0.3, -0.25) is 24.6 Å². The Bertz CT molecular complexity index is 1210. The van der Waals surface area contributed by atoms with E-state index in [9.17, 15) is 14.4 Å². The first-order chi connectivity index (χ1) is 15.9. The van der Waals surface area contributed by atoms with E-state index in [-0.39, 0.29) is 24.9 Å². The van der Waals surface area contributed by atoms with Gasteiger partial charge in [0, 0.05) is 36.7 Å². The number of para-hydroxylation sites is 1. The Balaban J connectivity index is 1.48. The lowest BCUT2D eigenvalue weighted by molar-refractivity contribution is -0.133. The Kier molecular flexibility index (Phi) is 6.37. The second-order valence-corrected chi connectivity index (χ2v) is 8.40. The summed E-state index contributed by atoms with van der Waals surface area (Å²) >= 11 is 0. The Morgan fingerprint density at radius 2 is 1.82 bits per heavy atom. The molecule has 0 bridgehead atoms. The average molecular weight is 447 g/mol. The van der Waals surface area contributed by atoms with Crippen LogP contribution >= 0.6 is 0 Å². The van der Waals surface area contributed by atoms with Crippen molar-refractivity contribution in [1.29, 1.82) is 0 Å². The van der Waals surface area contributed by atoms with Crippen LogP contribution in [0.3, 0.4) is 0 Å². The highest BCUT2D eigenvalue weighted by Crippen LogP contribution is 2.22. The molecule has 0 spiro atoms. The fourth-order valence-electron chi connectivity index (χ4n) is 4.34. The highest BCUT2D eigenvalue weighted by molar-refractivity contribution is 5.95. The highest BCUT2D eigenvalue weighted by atomic mass is 16.5. The summed E-state index contributed by atoms with van der Waals surface area (Å²) in [5, 5.41) is 12.9. The average Bonchev–Trinajstić information content (AvgIpc) is 3.23. The summed E-state index contributed by atoms with van der Waals surface area (Å²) in [5.74, 6) is -1.87. The molecule has 33 heavy (non-hydrogen) atoms. The quantitative estimate of drug-likeness (QED) is 0.411. The van der Waals surface area contributed by atoms with Crippen molar-refractivity contribution in [3.63, 3.8) is 0 Å². The zero-order chi connectivity index (χ0) is 23.5. The Hall–Kier alpha value is -3.78. The Labute approximate surface area is 191 Å².